The molecular formula is C16H13NO2. The molecule has 0 saturated heterocycles. The van der Waals surface area contributed by atoms with Gasteiger partial charge in [0.1, 0.15) is 6.04 Å². The molecule has 3 rings (SSSR count). The number of carboxylic acids is 1. The Kier molecular flexibility index (Phi) is 2.69. The highest BCUT2D eigenvalue weighted by Gasteiger charge is 2.14. The van der Waals surface area contributed by atoms with E-state index < -0.39 is 12.0 Å². The Labute approximate surface area is 110 Å². The molecule has 1 unspecified atom stereocenters. The molecule has 0 fully saturated rings. The summed E-state index contributed by atoms with van der Waals surface area (Å²) in [6.07, 6.45) is 0. The molecule has 0 bridgehead atoms. The summed E-state index contributed by atoms with van der Waals surface area (Å²) in [6.45, 7) is 0. The first kappa shape index (κ1) is 11.7. The third-order valence-electron chi connectivity index (χ3n) is 3.35. The van der Waals surface area contributed by atoms with Gasteiger partial charge in [-0.2, -0.15) is 0 Å². The van der Waals surface area contributed by atoms with Crippen molar-refractivity contribution in [3.63, 3.8) is 0 Å². The molecule has 0 heterocycles. The molecule has 3 heteroatoms. The molecule has 94 valence electrons. The molecule has 0 spiro atoms. The average Bonchev–Trinajstić information content (AvgIpc) is 2.43. The summed E-state index contributed by atoms with van der Waals surface area (Å²) in [5.74, 6) is -1.01. The maximum absolute atomic E-state index is 10.9. The highest BCUT2D eigenvalue weighted by molar-refractivity contribution is 5.98. The van der Waals surface area contributed by atoms with Gasteiger partial charge in [-0.05, 0) is 45.3 Å². The molecule has 0 amide bonds. The highest BCUT2D eigenvalue weighted by Crippen LogP contribution is 2.25. The monoisotopic (exact) mass is 251 g/mol. The number of carboxylic acid groups (broad SMARTS) is 1. The molecule has 3 N–H and O–H groups in total. The fourth-order valence-electron chi connectivity index (χ4n) is 2.29. The molecule has 3 aromatic rings. The predicted octanol–water partition coefficient (Wildman–Crippen LogP) is 3.08. The van der Waals surface area contributed by atoms with E-state index in [9.17, 15) is 4.79 Å². The molecule has 0 aromatic heterocycles. The summed E-state index contributed by atoms with van der Waals surface area (Å²) in [5.41, 5.74) is 6.26. The van der Waals surface area contributed by atoms with Crippen LogP contribution in [0.1, 0.15) is 11.6 Å². The van der Waals surface area contributed by atoms with E-state index in [-0.39, 0.29) is 0 Å². The number of rotatable bonds is 2. The Hall–Kier alpha value is -2.39. The van der Waals surface area contributed by atoms with Crippen molar-refractivity contribution in [1.82, 2.24) is 0 Å². The van der Waals surface area contributed by atoms with Crippen LogP contribution in [0.2, 0.25) is 0 Å². The third kappa shape index (κ3) is 2.04. The molecule has 0 aliphatic rings. The molecule has 0 aliphatic carbocycles. The van der Waals surface area contributed by atoms with Crippen molar-refractivity contribution in [1.29, 1.82) is 0 Å². The number of benzene rings is 3. The van der Waals surface area contributed by atoms with E-state index in [0.29, 0.717) is 5.56 Å². The van der Waals surface area contributed by atoms with Crippen LogP contribution in [0.25, 0.3) is 21.5 Å². The summed E-state index contributed by atoms with van der Waals surface area (Å²) in [4.78, 5) is 10.9. The molecule has 3 aromatic carbocycles. The van der Waals surface area contributed by atoms with Crippen LogP contribution >= 0.6 is 0 Å². The van der Waals surface area contributed by atoms with Crippen LogP contribution in [0.4, 0.5) is 0 Å². The van der Waals surface area contributed by atoms with Crippen LogP contribution in [0.5, 0.6) is 0 Å². The first-order valence-electron chi connectivity index (χ1n) is 6.06. The van der Waals surface area contributed by atoms with Gasteiger partial charge in [0.15, 0.2) is 0 Å². The molecule has 0 saturated carbocycles. The van der Waals surface area contributed by atoms with Gasteiger partial charge in [-0.3, -0.25) is 4.79 Å². The second kappa shape index (κ2) is 4.37. The zero-order chi connectivity index (χ0) is 13.4. The third-order valence-corrected chi connectivity index (χ3v) is 3.35. The number of carbonyl (C=O) groups is 1. The molecular weight excluding hydrogens is 238 g/mol. The minimum atomic E-state index is -1.01. The summed E-state index contributed by atoms with van der Waals surface area (Å²) in [7, 11) is 0. The molecule has 3 nitrogen and oxygen atoms in total. The van der Waals surface area contributed by atoms with Crippen molar-refractivity contribution in [3.8, 4) is 0 Å². The summed E-state index contributed by atoms with van der Waals surface area (Å²) in [6, 6.07) is 16.8. The van der Waals surface area contributed by atoms with Gasteiger partial charge < -0.3 is 10.8 Å². The van der Waals surface area contributed by atoms with Crippen molar-refractivity contribution in [2.24, 2.45) is 5.73 Å². The van der Waals surface area contributed by atoms with Gasteiger partial charge in [0.05, 0.1) is 0 Å². The topological polar surface area (TPSA) is 63.3 Å². The molecule has 19 heavy (non-hydrogen) atoms. The Morgan fingerprint density at radius 3 is 2.11 bits per heavy atom. The zero-order valence-electron chi connectivity index (χ0n) is 10.2. The number of hydrogen-bond donors (Lipinski definition) is 2. The summed E-state index contributed by atoms with van der Waals surface area (Å²) in [5, 5.41) is 13.4. The second-order valence-corrected chi connectivity index (χ2v) is 4.62. The lowest BCUT2D eigenvalue weighted by molar-refractivity contribution is -0.138. The largest absolute Gasteiger partial charge is 0.480 e. The fraction of sp³-hybridized carbons (Fsp3) is 0.0625. The first-order valence-corrected chi connectivity index (χ1v) is 6.06. The fourth-order valence-corrected chi connectivity index (χ4v) is 2.29. The first-order chi connectivity index (χ1) is 9.15. The van der Waals surface area contributed by atoms with E-state index in [0.717, 1.165) is 16.2 Å². The minimum Gasteiger partial charge on any atom is -0.480 e. The summed E-state index contributed by atoms with van der Waals surface area (Å²) >= 11 is 0. The van der Waals surface area contributed by atoms with Crippen molar-refractivity contribution >= 4 is 27.5 Å². The van der Waals surface area contributed by atoms with Crippen LogP contribution in [0.15, 0.2) is 54.6 Å². The maximum atomic E-state index is 10.9. The van der Waals surface area contributed by atoms with Crippen LogP contribution in [-0.2, 0) is 4.79 Å². The van der Waals surface area contributed by atoms with E-state index in [1.54, 1.807) is 6.07 Å². The van der Waals surface area contributed by atoms with E-state index in [4.69, 9.17) is 10.8 Å². The van der Waals surface area contributed by atoms with Crippen LogP contribution in [0, 0.1) is 0 Å². The summed E-state index contributed by atoms with van der Waals surface area (Å²) < 4.78 is 0. The van der Waals surface area contributed by atoms with Crippen molar-refractivity contribution in [2.75, 3.05) is 0 Å². The van der Waals surface area contributed by atoms with Gasteiger partial charge in [-0.1, -0.05) is 36.4 Å². The normalized spacial score (nSPS) is 12.7. The molecule has 0 radical (unpaired) electrons. The van der Waals surface area contributed by atoms with E-state index in [2.05, 4.69) is 18.2 Å². The second-order valence-electron chi connectivity index (χ2n) is 4.62. The lowest BCUT2D eigenvalue weighted by Gasteiger charge is -2.09. The number of fused-ring (bicyclic) bond motifs is 2. The predicted molar refractivity (Wildman–Crippen MR) is 76.0 cm³/mol. The van der Waals surface area contributed by atoms with Crippen LogP contribution in [-0.4, -0.2) is 11.1 Å². The molecule has 0 aliphatic heterocycles. The van der Waals surface area contributed by atoms with Crippen molar-refractivity contribution in [2.45, 2.75) is 6.04 Å². The van der Waals surface area contributed by atoms with E-state index in [1.165, 1.54) is 5.39 Å². The Bertz CT molecular complexity index is 780. The Morgan fingerprint density at radius 1 is 0.895 bits per heavy atom. The SMILES string of the molecule is NC(C(=O)O)c1ccc2cc3ccccc3cc2c1. The van der Waals surface area contributed by atoms with Crippen LogP contribution < -0.4 is 5.73 Å². The van der Waals surface area contributed by atoms with Gasteiger partial charge >= 0.3 is 5.97 Å². The van der Waals surface area contributed by atoms with Crippen LogP contribution in [0.3, 0.4) is 0 Å². The maximum Gasteiger partial charge on any atom is 0.325 e. The van der Waals surface area contributed by atoms with Gasteiger partial charge in [0.2, 0.25) is 0 Å². The Balaban J connectivity index is 2.22. The number of hydrogen-bond acceptors (Lipinski definition) is 2. The lowest BCUT2D eigenvalue weighted by atomic mass is 9.99. The molecule has 1 atom stereocenters. The Morgan fingerprint density at radius 2 is 1.47 bits per heavy atom. The van der Waals surface area contributed by atoms with Gasteiger partial charge in [0.25, 0.3) is 0 Å². The van der Waals surface area contributed by atoms with E-state index >= 15 is 0 Å². The van der Waals surface area contributed by atoms with Gasteiger partial charge in [-0.15, -0.1) is 0 Å². The lowest BCUT2D eigenvalue weighted by Crippen LogP contribution is -2.20. The van der Waals surface area contributed by atoms with Crippen molar-refractivity contribution in [3.05, 3.63) is 60.2 Å². The van der Waals surface area contributed by atoms with Gasteiger partial charge in [-0.25, -0.2) is 0 Å². The van der Waals surface area contributed by atoms with Crippen molar-refractivity contribution < 1.29 is 9.90 Å². The zero-order valence-corrected chi connectivity index (χ0v) is 10.2. The quantitative estimate of drug-likeness (QED) is 0.688. The van der Waals surface area contributed by atoms with E-state index in [1.807, 2.05) is 30.3 Å². The number of aliphatic carboxylic acids is 1. The minimum absolute atomic E-state index is 0.621. The standard InChI is InChI=1S/C16H13NO2/c17-15(16(18)19)13-6-5-12-7-10-3-1-2-4-11(10)8-14(12)9-13/h1-9,15H,17H2,(H,18,19). The number of nitrogens with two attached hydrogens (primary N) is 1. The highest BCUT2D eigenvalue weighted by atomic mass is 16.4. The average molecular weight is 251 g/mol. The van der Waals surface area contributed by atoms with Gasteiger partial charge in [0, 0.05) is 0 Å². The smallest absolute Gasteiger partial charge is 0.325 e.